The summed E-state index contributed by atoms with van der Waals surface area (Å²) in [5, 5.41) is 1.79. The minimum atomic E-state index is 0.770. The minimum absolute atomic E-state index is 0.770. The second-order valence-corrected chi connectivity index (χ2v) is 6.15. The molecule has 0 fully saturated rings. The van der Waals surface area contributed by atoms with Crippen molar-refractivity contribution in [3.63, 3.8) is 0 Å². The maximum absolute atomic E-state index is 5.90. The van der Waals surface area contributed by atoms with Gasteiger partial charge in [-0.25, -0.2) is 4.98 Å². The van der Waals surface area contributed by atoms with Gasteiger partial charge in [0, 0.05) is 17.8 Å². The molecule has 0 N–H and O–H groups in total. The predicted octanol–water partition coefficient (Wildman–Crippen LogP) is 5.03. The first-order valence-corrected chi connectivity index (χ1v) is 8.05. The van der Waals surface area contributed by atoms with Gasteiger partial charge >= 0.3 is 0 Å². The van der Waals surface area contributed by atoms with Crippen LogP contribution in [0.3, 0.4) is 0 Å². The van der Waals surface area contributed by atoms with Crippen molar-refractivity contribution in [2.24, 2.45) is 7.05 Å². The van der Waals surface area contributed by atoms with Gasteiger partial charge in [-0.1, -0.05) is 65.8 Å². The van der Waals surface area contributed by atoms with Gasteiger partial charge < -0.3 is 4.57 Å². The molecule has 0 aliphatic heterocycles. The third-order valence-electron chi connectivity index (χ3n) is 3.30. The van der Waals surface area contributed by atoms with Crippen molar-refractivity contribution < 1.29 is 0 Å². The molecule has 1 heterocycles. The third-order valence-corrected chi connectivity index (χ3v) is 4.66. The molecule has 3 aromatic rings. The van der Waals surface area contributed by atoms with E-state index in [0.717, 1.165) is 21.6 Å². The van der Waals surface area contributed by atoms with Crippen LogP contribution in [-0.4, -0.2) is 9.55 Å². The lowest BCUT2D eigenvalue weighted by Gasteiger charge is -2.06. The minimum Gasteiger partial charge on any atom is -0.322 e. The molecule has 3 rings (SSSR count). The topological polar surface area (TPSA) is 17.8 Å². The summed E-state index contributed by atoms with van der Waals surface area (Å²) in [6.45, 7) is 0. The van der Waals surface area contributed by atoms with E-state index in [-0.39, 0.29) is 0 Å². The van der Waals surface area contributed by atoms with Crippen LogP contribution in [0.4, 0.5) is 0 Å². The SMILES string of the molecule is Cn1c(-c2ccccc2)cnc1SCc1ccc(Cl)cc1. The molecule has 0 spiro atoms. The fraction of sp³-hybridized carbons (Fsp3) is 0.118. The van der Waals surface area contributed by atoms with Crippen LogP contribution in [0.25, 0.3) is 11.3 Å². The summed E-state index contributed by atoms with van der Waals surface area (Å²) < 4.78 is 2.13. The van der Waals surface area contributed by atoms with E-state index in [2.05, 4.69) is 40.9 Å². The molecule has 2 aromatic carbocycles. The first kappa shape index (κ1) is 14.2. The Balaban J connectivity index is 1.75. The van der Waals surface area contributed by atoms with Gasteiger partial charge in [-0.2, -0.15) is 0 Å². The second-order valence-electron chi connectivity index (χ2n) is 4.77. The van der Waals surface area contributed by atoms with Crippen molar-refractivity contribution in [1.29, 1.82) is 0 Å². The van der Waals surface area contributed by atoms with E-state index in [0.29, 0.717) is 0 Å². The fourth-order valence-electron chi connectivity index (χ4n) is 2.13. The Labute approximate surface area is 133 Å². The van der Waals surface area contributed by atoms with Crippen molar-refractivity contribution in [2.45, 2.75) is 10.9 Å². The summed E-state index contributed by atoms with van der Waals surface area (Å²) in [6.07, 6.45) is 1.93. The van der Waals surface area contributed by atoms with E-state index in [9.17, 15) is 0 Å². The number of hydrogen-bond donors (Lipinski definition) is 0. The van der Waals surface area contributed by atoms with Crippen LogP contribution in [0.15, 0.2) is 66.0 Å². The maximum atomic E-state index is 5.90. The van der Waals surface area contributed by atoms with Crippen LogP contribution < -0.4 is 0 Å². The summed E-state index contributed by atoms with van der Waals surface area (Å²) in [5.41, 5.74) is 3.56. The normalized spacial score (nSPS) is 10.8. The largest absolute Gasteiger partial charge is 0.322 e. The molecule has 1 aromatic heterocycles. The monoisotopic (exact) mass is 314 g/mol. The molecule has 2 nitrogen and oxygen atoms in total. The Bertz CT molecular complexity index is 720. The highest BCUT2D eigenvalue weighted by molar-refractivity contribution is 7.98. The quantitative estimate of drug-likeness (QED) is 0.628. The number of nitrogens with zero attached hydrogens (tertiary/aromatic N) is 2. The molecule has 21 heavy (non-hydrogen) atoms. The first-order valence-electron chi connectivity index (χ1n) is 6.68. The van der Waals surface area contributed by atoms with Crippen molar-refractivity contribution in [2.75, 3.05) is 0 Å². The molecule has 0 saturated carbocycles. The Morgan fingerprint density at radius 3 is 2.48 bits per heavy atom. The van der Waals surface area contributed by atoms with Crippen molar-refractivity contribution in [1.82, 2.24) is 9.55 Å². The number of hydrogen-bond acceptors (Lipinski definition) is 2. The van der Waals surface area contributed by atoms with E-state index in [1.165, 1.54) is 11.1 Å². The van der Waals surface area contributed by atoms with Gasteiger partial charge in [0.15, 0.2) is 5.16 Å². The summed E-state index contributed by atoms with van der Waals surface area (Å²) in [4.78, 5) is 4.52. The summed E-state index contributed by atoms with van der Waals surface area (Å²) in [7, 11) is 2.06. The highest BCUT2D eigenvalue weighted by atomic mass is 35.5. The summed E-state index contributed by atoms with van der Waals surface area (Å²) in [6, 6.07) is 18.3. The lowest BCUT2D eigenvalue weighted by molar-refractivity contribution is 0.796. The number of halogens is 1. The number of aromatic nitrogens is 2. The first-order chi connectivity index (χ1) is 10.2. The molecule has 0 bridgehead atoms. The van der Waals surface area contributed by atoms with Crippen LogP contribution in [0.5, 0.6) is 0 Å². The van der Waals surface area contributed by atoms with Crippen molar-refractivity contribution >= 4 is 23.4 Å². The van der Waals surface area contributed by atoms with Crippen LogP contribution in [-0.2, 0) is 12.8 Å². The zero-order valence-electron chi connectivity index (χ0n) is 11.7. The number of thioether (sulfide) groups is 1. The predicted molar refractivity (Wildman–Crippen MR) is 89.7 cm³/mol. The maximum Gasteiger partial charge on any atom is 0.168 e. The molecule has 0 atom stereocenters. The van der Waals surface area contributed by atoms with Crippen LogP contribution in [0, 0.1) is 0 Å². The zero-order chi connectivity index (χ0) is 14.7. The Kier molecular flexibility index (Phi) is 4.32. The molecule has 0 saturated heterocycles. The molecule has 0 radical (unpaired) electrons. The average molecular weight is 315 g/mol. The number of rotatable bonds is 4. The Morgan fingerprint density at radius 1 is 1.05 bits per heavy atom. The number of benzene rings is 2. The van der Waals surface area contributed by atoms with Gasteiger partial charge in [0.05, 0.1) is 11.9 Å². The van der Waals surface area contributed by atoms with Gasteiger partial charge in [0.2, 0.25) is 0 Å². The van der Waals surface area contributed by atoms with E-state index < -0.39 is 0 Å². The van der Waals surface area contributed by atoms with Crippen molar-refractivity contribution in [3.8, 4) is 11.3 Å². The van der Waals surface area contributed by atoms with Gasteiger partial charge in [0.1, 0.15) is 0 Å². The molecule has 0 unspecified atom stereocenters. The van der Waals surface area contributed by atoms with E-state index in [1.807, 2.05) is 36.5 Å². The van der Waals surface area contributed by atoms with Crippen LogP contribution in [0.2, 0.25) is 5.02 Å². The van der Waals surface area contributed by atoms with Gasteiger partial charge in [-0.05, 0) is 23.3 Å². The summed E-state index contributed by atoms with van der Waals surface area (Å²) >= 11 is 7.63. The molecular formula is C17H15ClN2S. The molecule has 0 aliphatic rings. The van der Waals surface area contributed by atoms with E-state index in [1.54, 1.807) is 11.8 Å². The standard InChI is InChI=1S/C17H15ClN2S/c1-20-16(14-5-3-2-4-6-14)11-19-17(20)21-12-13-7-9-15(18)10-8-13/h2-11H,12H2,1H3. The third kappa shape index (κ3) is 3.31. The van der Waals surface area contributed by atoms with Crippen molar-refractivity contribution in [3.05, 3.63) is 71.4 Å². The lowest BCUT2D eigenvalue weighted by atomic mass is 10.2. The Hall–Kier alpha value is -1.71. The Morgan fingerprint density at radius 2 is 1.76 bits per heavy atom. The lowest BCUT2D eigenvalue weighted by Crippen LogP contribution is -1.94. The molecule has 106 valence electrons. The smallest absolute Gasteiger partial charge is 0.168 e. The van der Waals surface area contributed by atoms with E-state index >= 15 is 0 Å². The van der Waals surface area contributed by atoms with Gasteiger partial charge in [0.25, 0.3) is 0 Å². The number of imidazole rings is 1. The van der Waals surface area contributed by atoms with Gasteiger partial charge in [-0.3, -0.25) is 0 Å². The fourth-order valence-corrected chi connectivity index (χ4v) is 3.17. The van der Waals surface area contributed by atoms with Crippen LogP contribution >= 0.6 is 23.4 Å². The highest BCUT2D eigenvalue weighted by Gasteiger charge is 2.08. The molecule has 4 heteroatoms. The zero-order valence-corrected chi connectivity index (χ0v) is 13.2. The van der Waals surface area contributed by atoms with E-state index in [4.69, 9.17) is 11.6 Å². The highest BCUT2D eigenvalue weighted by Crippen LogP contribution is 2.27. The molecule has 0 amide bonds. The molecule has 0 aliphatic carbocycles. The summed E-state index contributed by atoms with van der Waals surface area (Å²) in [5.74, 6) is 0.885. The molecular weight excluding hydrogens is 300 g/mol. The second kappa shape index (κ2) is 6.37. The van der Waals surface area contributed by atoms with Crippen LogP contribution in [0.1, 0.15) is 5.56 Å². The van der Waals surface area contributed by atoms with Gasteiger partial charge in [-0.15, -0.1) is 0 Å². The average Bonchev–Trinajstić information content (AvgIpc) is 2.89.